The number of hydrogen-bond acceptors (Lipinski definition) is 3. The average molecular weight is 256 g/mol. The third-order valence-electron chi connectivity index (χ3n) is 2.37. The molecular weight excluding hydrogens is 238 g/mol. The molecule has 1 aromatic rings. The molecular formula is C12H18ClN3O. The van der Waals surface area contributed by atoms with Gasteiger partial charge in [-0.3, -0.25) is 4.79 Å². The minimum absolute atomic E-state index is 0.0596. The standard InChI is InChI=1S/C12H18ClN3O/c1-4-16(7-8(2)3)12(17)9-5-10(13)11(14)15-6-9/h5-6,8H,4,7H2,1-3H3,(H2,14,15). The molecule has 0 aromatic carbocycles. The molecule has 1 rings (SSSR count). The van der Waals surface area contributed by atoms with Gasteiger partial charge in [-0.2, -0.15) is 0 Å². The summed E-state index contributed by atoms with van der Waals surface area (Å²) in [6.07, 6.45) is 1.46. The van der Waals surface area contributed by atoms with E-state index in [0.29, 0.717) is 23.0 Å². The van der Waals surface area contributed by atoms with Gasteiger partial charge in [-0.25, -0.2) is 4.98 Å². The number of pyridine rings is 1. The highest BCUT2D eigenvalue weighted by atomic mass is 35.5. The molecule has 0 bridgehead atoms. The first-order valence-corrected chi connectivity index (χ1v) is 6.03. The Morgan fingerprint density at radius 2 is 2.24 bits per heavy atom. The molecule has 1 amide bonds. The predicted molar refractivity (Wildman–Crippen MR) is 70.1 cm³/mol. The molecule has 0 aliphatic carbocycles. The van der Waals surface area contributed by atoms with Gasteiger partial charge in [-0.05, 0) is 18.9 Å². The second-order valence-corrected chi connectivity index (χ2v) is 4.74. The first-order valence-electron chi connectivity index (χ1n) is 5.66. The molecule has 1 heterocycles. The second-order valence-electron chi connectivity index (χ2n) is 4.33. The lowest BCUT2D eigenvalue weighted by atomic mass is 10.2. The fourth-order valence-corrected chi connectivity index (χ4v) is 1.71. The van der Waals surface area contributed by atoms with E-state index in [2.05, 4.69) is 18.8 Å². The van der Waals surface area contributed by atoms with Gasteiger partial charge in [0.25, 0.3) is 5.91 Å². The summed E-state index contributed by atoms with van der Waals surface area (Å²) >= 11 is 5.85. The zero-order chi connectivity index (χ0) is 13.0. The molecule has 0 spiro atoms. The van der Waals surface area contributed by atoms with Crippen molar-refractivity contribution in [1.82, 2.24) is 9.88 Å². The minimum Gasteiger partial charge on any atom is -0.382 e. The monoisotopic (exact) mass is 255 g/mol. The molecule has 0 radical (unpaired) electrons. The first kappa shape index (κ1) is 13.8. The van der Waals surface area contributed by atoms with Crippen LogP contribution < -0.4 is 5.73 Å². The van der Waals surface area contributed by atoms with Crippen LogP contribution in [0.25, 0.3) is 0 Å². The second kappa shape index (κ2) is 5.87. The van der Waals surface area contributed by atoms with Crippen LogP contribution >= 0.6 is 11.6 Å². The van der Waals surface area contributed by atoms with Crippen LogP contribution in [-0.4, -0.2) is 28.9 Å². The van der Waals surface area contributed by atoms with Crippen molar-refractivity contribution in [1.29, 1.82) is 0 Å². The van der Waals surface area contributed by atoms with E-state index >= 15 is 0 Å². The van der Waals surface area contributed by atoms with Gasteiger partial charge < -0.3 is 10.6 Å². The number of aromatic nitrogens is 1. The highest BCUT2D eigenvalue weighted by Gasteiger charge is 2.16. The summed E-state index contributed by atoms with van der Waals surface area (Å²) in [6, 6.07) is 1.56. The molecule has 4 nitrogen and oxygen atoms in total. The summed E-state index contributed by atoms with van der Waals surface area (Å²) in [4.78, 5) is 17.8. The van der Waals surface area contributed by atoms with Gasteiger partial charge in [0.05, 0.1) is 10.6 Å². The van der Waals surface area contributed by atoms with Crippen molar-refractivity contribution in [3.63, 3.8) is 0 Å². The minimum atomic E-state index is -0.0596. The summed E-state index contributed by atoms with van der Waals surface area (Å²) in [7, 11) is 0. The summed E-state index contributed by atoms with van der Waals surface area (Å²) in [6.45, 7) is 7.48. The van der Waals surface area contributed by atoms with E-state index in [9.17, 15) is 4.79 Å². The topological polar surface area (TPSA) is 59.2 Å². The van der Waals surface area contributed by atoms with Crippen molar-refractivity contribution in [2.24, 2.45) is 5.92 Å². The Labute approximate surface area is 107 Å². The molecule has 5 heteroatoms. The molecule has 0 aliphatic rings. The van der Waals surface area contributed by atoms with Gasteiger partial charge in [0.2, 0.25) is 0 Å². The Bertz CT molecular complexity index is 407. The summed E-state index contributed by atoms with van der Waals surface area (Å²) in [5.74, 6) is 0.613. The maximum absolute atomic E-state index is 12.2. The highest BCUT2D eigenvalue weighted by Crippen LogP contribution is 2.18. The van der Waals surface area contributed by atoms with Crippen LogP contribution in [0.3, 0.4) is 0 Å². The molecule has 2 N–H and O–H groups in total. The Hall–Kier alpha value is -1.29. The lowest BCUT2D eigenvalue weighted by Crippen LogP contribution is -2.34. The number of rotatable bonds is 4. The normalized spacial score (nSPS) is 10.6. The maximum Gasteiger partial charge on any atom is 0.255 e. The van der Waals surface area contributed by atoms with Gasteiger partial charge >= 0.3 is 0 Å². The zero-order valence-corrected chi connectivity index (χ0v) is 11.2. The Morgan fingerprint density at radius 3 is 2.71 bits per heavy atom. The van der Waals surface area contributed by atoms with Gasteiger partial charge in [0.1, 0.15) is 5.82 Å². The molecule has 0 saturated heterocycles. The fraction of sp³-hybridized carbons (Fsp3) is 0.500. The smallest absolute Gasteiger partial charge is 0.255 e. The number of anilines is 1. The number of amides is 1. The number of nitrogen functional groups attached to an aromatic ring is 1. The molecule has 0 atom stereocenters. The SMILES string of the molecule is CCN(CC(C)C)C(=O)c1cnc(N)c(Cl)c1. The van der Waals surface area contributed by atoms with E-state index in [-0.39, 0.29) is 11.7 Å². The Kier molecular flexibility index (Phi) is 4.75. The summed E-state index contributed by atoms with van der Waals surface area (Å²) in [5.41, 5.74) is 5.99. The van der Waals surface area contributed by atoms with E-state index in [0.717, 1.165) is 6.54 Å². The molecule has 0 saturated carbocycles. The van der Waals surface area contributed by atoms with Gasteiger partial charge in [0, 0.05) is 19.3 Å². The third kappa shape index (κ3) is 3.60. The van der Waals surface area contributed by atoms with Crippen molar-refractivity contribution in [2.45, 2.75) is 20.8 Å². The van der Waals surface area contributed by atoms with Crippen molar-refractivity contribution in [3.05, 3.63) is 22.8 Å². The van der Waals surface area contributed by atoms with Gasteiger partial charge in [-0.15, -0.1) is 0 Å². The van der Waals surface area contributed by atoms with Crippen LogP contribution in [0.2, 0.25) is 5.02 Å². The molecule has 94 valence electrons. The van der Waals surface area contributed by atoms with Crippen LogP contribution in [0.15, 0.2) is 12.3 Å². The quantitative estimate of drug-likeness (QED) is 0.899. The zero-order valence-electron chi connectivity index (χ0n) is 10.4. The number of nitrogens with zero attached hydrogens (tertiary/aromatic N) is 2. The van der Waals surface area contributed by atoms with Crippen molar-refractivity contribution in [2.75, 3.05) is 18.8 Å². The molecule has 1 aromatic heterocycles. The van der Waals surface area contributed by atoms with Crippen molar-refractivity contribution < 1.29 is 4.79 Å². The predicted octanol–water partition coefficient (Wildman–Crippen LogP) is 2.44. The Morgan fingerprint density at radius 1 is 1.59 bits per heavy atom. The van der Waals surface area contributed by atoms with Crippen LogP contribution in [0.1, 0.15) is 31.1 Å². The molecule has 0 fully saturated rings. The van der Waals surface area contributed by atoms with Crippen molar-refractivity contribution in [3.8, 4) is 0 Å². The fourth-order valence-electron chi connectivity index (χ4n) is 1.54. The molecule has 0 aliphatic heterocycles. The van der Waals surface area contributed by atoms with Crippen LogP contribution in [0.5, 0.6) is 0 Å². The van der Waals surface area contributed by atoms with E-state index in [1.54, 1.807) is 11.0 Å². The van der Waals surface area contributed by atoms with Crippen molar-refractivity contribution >= 4 is 23.3 Å². The van der Waals surface area contributed by atoms with Gasteiger partial charge in [0.15, 0.2) is 0 Å². The van der Waals surface area contributed by atoms with E-state index < -0.39 is 0 Å². The van der Waals surface area contributed by atoms with Crippen LogP contribution in [-0.2, 0) is 0 Å². The number of halogens is 1. The summed E-state index contributed by atoms with van der Waals surface area (Å²) < 4.78 is 0. The lowest BCUT2D eigenvalue weighted by molar-refractivity contribution is 0.0745. The maximum atomic E-state index is 12.2. The number of carbonyl (C=O) groups is 1. The highest BCUT2D eigenvalue weighted by molar-refractivity contribution is 6.33. The van der Waals surface area contributed by atoms with E-state index in [4.69, 9.17) is 17.3 Å². The van der Waals surface area contributed by atoms with Crippen LogP contribution in [0.4, 0.5) is 5.82 Å². The van der Waals surface area contributed by atoms with E-state index in [1.165, 1.54) is 6.20 Å². The number of nitrogens with two attached hydrogens (primary N) is 1. The lowest BCUT2D eigenvalue weighted by Gasteiger charge is -2.22. The first-order chi connectivity index (χ1) is 7.95. The third-order valence-corrected chi connectivity index (χ3v) is 2.67. The largest absolute Gasteiger partial charge is 0.382 e. The van der Waals surface area contributed by atoms with Crippen LogP contribution in [0, 0.1) is 5.92 Å². The van der Waals surface area contributed by atoms with E-state index in [1.807, 2.05) is 6.92 Å². The molecule has 0 unspecified atom stereocenters. The number of carbonyl (C=O) groups excluding carboxylic acids is 1. The van der Waals surface area contributed by atoms with Gasteiger partial charge in [-0.1, -0.05) is 25.4 Å². The number of hydrogen-bond donors (Lipinski definition) is 1. The average Bonchev–Trinajstić information content (AvgIpc) is 2.28. The Balaban J connectivity index is 2.90. The molecule has 17 heavy (non-hydrogen) atoms. The summed E-state index contributed by atoms with van der Waals surface area (Å²) in [5, 5.41) is 0.316.